The van der Waals surface area contributed by atoms with E-state index in [4.69, 9.17) is 10.2 Å². The Bertz CT molecular complexity index is 682. The Labute approximate surface area is 99.9 Å². The summed E-state index contributed by atoms with van der Waals surface area (Å²) in [4.78, 5) is 27.2. The zero-order chi connectivity index (χ0) is 12.9. The van der Waals surface area contributed by atoms with Gasteiger partial charge in [-0.1, -0.05) is 0 Å². The minimum atomic E-state index is -1.03. The van der Waals surface area contributed by atoms with Gasteiger partial charge in [0.05, 0.1) is 0 Å². The third-order valence-corrected chi connectivity index (χ3v) is 2.82. The molecule has 0 aliphatic carbocycles. The molecule has 2 heterocycles. The van der Waals surface area contributed by atoms with Crippen LogP contribution in [0.1, 0.15) is 21.0 Å². The third-order valence-electron chi connectivity index (χ3n) is 2.82. The lowest BCUT2D eigenvalue weighted by Crippen LogP contribution is -1.95. The molecular weight excluding hydrogens is 236 g/mol. The van der Waals surface area contributed by atoms with Gasteiger partial charge in [0.2, 0.25) is 0 Å². The number of carboxylic acid groups (broad SMARTS) is 2. The predicted octanol–water partition coefficient (Wildman–Crippen LogP) is 2.05. The molecule has 0 radical (unpaired) electrons. The fraction of sp³-hybridized carbons (Fsp3) is 0. The molecular formula is C12H8N2O4. The summed E-state index contributed by atoms with van der Waals surface area (Å²) in [7, 11) is 0. The molecule has 90 valence electrons. The van der Waals surface area contributed by atoms with Crippen LogP contribution in [0.4, 0.5) is 0 Å². The lowest BCUT2D eigenvalue weighted by atomic mass is 10.2. The van der Waals surface area contributed by atoms with Crippen molar-refractivity contribution in [3.05, 3.63) is 35.7 Å². The van der Waals surface area contributed by atoms with E-state index < -0.39 is 11.9 Å². The van der Waals surface area contributed by atoms with E-state index in [0.29, 0.717) is 11.0 Å². The van der Waals surface area contributed by atoms with Crippen molar-refractivity contribution >= 4 is 33.7 Å². The van der Waals surface area contributed by atoms with Gasteiger partial charge in [0.25, 0.3) is 0 Å². The van der Waals surface area contributed by atoms with Crippen molar-refractivity contribution in [3.63, 3.8) is 0 Å². The van der Waals surface area contributed by atoms with Crippen LogP contribution in [0.2, 0.25) is 0 Å². The maximum absolute atomic E-state index is 10.8. The Morgan fingerprint density at radius 2 is 1.22 bits per heavy atom. The van der Waals surface area contributed by atoms with E-state index in [9.17, 15) is 9.59 Å². The number of aromatic carboxylic acids is 2. The van der Waals surface area contributed by atoms with Crippen LogP contribution in [0.25, 0.3) is 21.8 Å². The molecule has 0 amide bonds. The number of H-pyrrole nitrogens is 2. The molecule has 0 aliphatic heterocycles. The standard InChI is InChI=1S/C12H8N2O4/c15-11(16)9-2-5-1-6-3-10(12(17)18)14-8(6)4-7(5)13-9/h1-4,13-14H,(H,15,16)(H,17,18). The topological polar surface area (TPSA) is 106 Å². The molecule has 18 heavy (non-hydrogen) atoms. The molecule has 0 spiro atoms. The number of fused-ring (bicyclic) bond motifs is 2. The fourth-order valence-corrected chi connectivity index (χ4v) is 1.99. The molecule has 0 aliphatic rings. The van der Waals surface area contributed by atoms with E-state index in [1.54, 1.807) is 12.1 Å². The Hall–Kier alpha value is -2.76. The molecule has 1 aromatic carbocycles. The molecule has 0 atom stereocenters. The van der Waals surface area contributed by atoms with Crippen LogP contribution >= 0.6 is 0 Å². The summed E-state index contributed by atoms with van der Waals surface area (Å²) in [5.74, 6) is -2.05. The quantitative estimate of drug-likeness (QED) is 0.553. The number of nitrogens with one attached hydrogen (secondary N) is 2. The van der Waals surface area contributed by atoms with Gasteiger partial charge in [-0.2, -0.15) is 0 Å². The minimum absolute atomic E-state index is 0.108. The SMILES string of the molecule is O=C(O)c1cc2cc3cc(C(=O)O)[nH]c3cc2[nH]1. The highest BCUT2D eigenvalue weighted by molar-refractivity contribution is 6.02. The monoisotopic (exact) mass is 244 g/mol. The summed E-state index contributed by atoms with van der Waals surface area (Å²) in [5, 5.41) is 19.2. The number of aromatic amines is 2. The van der Waals surface area contributed by atoms with Gasteiger partial charge in [0.1, 0.15) is 11.4 Å². The summed E-state index contributed by atoms with van der Waals surface area (Å²) in [5.41, 5.74) is 1.52. The van der Waals surface area contributed by atoms with Crippen LogP contribution < -0.4 is 0 Å². The molecule has 6 nitrogen and oxygen atoms in total. The van der Waals surface area contributed by atoms with Gasteiger partial charge in [-0.25, -0.2) is 9.59 Å². The first-order valence-corrected chi connectivity index (χ1v) is 5.16. The van der Waals surface area contributed by atoms with Crippen molar-refractivity contribution in [1.29, 1.82) is 0 Å². The van der Waals surface area contributed by atoms with Crippen LogP contribution in [0.5, 0.6) is 0 Å². The Kier molecular flexibility index (Phi) is 1.94. The number of carbonyl (C=O) groups is 2. The second-order valence-electron chi connectivity index (χ2n) is 4.00. The molecule has 6 heteroatoms. The molecule has 0 unspecified atom stereocenters. The van der Waals surface area contributed by atoms with Crippen molar-refractivity contribution in [2.75, 3.05) is 0 Å². The van der Waals surface area contributed by atoms with E-state index >= 15 is 0 Å². The normalized spacial score (nSPS) is 11.1. The van der Waals surface area contributed by atoms with Gasteiger partial charge in [-0.15, -0.1) is 0 Å². The molecule has 0 bridgehead atoms. The smallest absolute Gasteiger partial charge is 0.352 e. The van der Waals surface area contributed by atoms with Gasteiger partial charge in [-0.3, -0.25) is 0 Å². The Morgan fingerprint density at radius 1 is 0.778 bits per heavy atom. The highest BCUT2D eigenvalue weighted by Gasteiger charge is 2.11. The zero-order valence-electron chi connectivity index (χ0n) is 9.02. The fourth-order valence-electron chi connectivity index (χ4n) is 1.99. The van der Waals surface area contributed by atoms with Crippen LogP contribution in [0, 0.1) is 0 Å². The molecule has 0 fully saturated rings. The van der Waals surface area contributed by atoms with E-state index in [-0.39, 0.29) is 11.4 Å². The lowest BCUT2D eigenvalue weighted by Gasteiger charge is -1.90. The first-order valence-electron chi connectivity index (χ1n) is 5.16. The average Bonchev–Trinajstić information content (AvgIpc) is 2.87. The van der Waals surface area contributed by atoms with Crippen molar-refractivity contribution in [3.8, 4) is 0 Å². The molecule has 0 saturated heterocycles. The van der Waals surface area contributed by atoms with Crippen molar-refractivity contribution in [2.45, 2.75) is 0 Å². The summed E-state index contributed by atoms with van der Waals surface area (Å²) >= 11 is 0. The number of aromatic nitrogens is 2. The second-order valence-corrected chi connectivity index (χ2v) is 4.00. The van der Waals surface area contributed by atoms with E-state index in [1.807, 2.05) is 0 Å². The van der Waals surface area contributed by atoms with Crippen LogP contribution in [-0.2, 0) is 0 Å². The summed E-state index contributed by atoms with van der Waals surface area (Å²) in [6.45, 7) is 0. The van der Waals surface area contributed by atoms with Gasteiger partial charge >= 0.3 is 11.9 Å². The average molecular weight is 244 g/mol. The number of carboxylic acids is 2. The largest absolute Gasteiger partial charge is 0.477 e. The summed E-state index contributed by atoms with van der Waals surface area (Å²) < 4.78 is 0. The summed E-state index contributed by atoms with van der Waals surface area (Å²) in [6, 6.07) is 6.48. The maximum atomic E-state index is 10.8. The molecule has 2 aromatic heterocycles. The zero-order valence-corrected chi connectivity index (χ0v) is 9.02. The van der Waals surface area contributed by atoms with E-state index in [2.05, 4.69) is 9.97 Å². The molecule has 3 aromatic rings. The van der Waals surface area contributed by atoms with Gasteiger partial charge in [0.15, 0.2) is 0 Å². The highest BCUT2D eigenvalue weighted by Crippen LogP contribution is 2.24. The molecule has 4 N–H and O–H groups in total. The summed E-state index contributed by atoms with van der Waals surface area (Å²) in [6.07, 6.45) is 0. The predicted molar refractivity (Wildman–Crippen MR) is 64.1 cm³/mol. The van der Waals surface area contributed by atoms with E-state index in [1.165, 1.54) is 12.1 Å². The lowest BCUT2D eigenvalue weighted by molar-refractivity contribution is 0.0681. The first kappa shape index (κ1) is 10.4. The maximum Gasteiger partial charge on any atom is 0.352 e. The molecule has 0 saturated carbocycles. The van der Waals surface area contributed by atoms with E-state index in [0.717, 1.165) is 10.8 Å². The number of benzene rings is 1. The highest BCUT2D eigenvalue weighted by atomic mass is 16.4. The van der Waals surface area contributed by atoms with Gasteiger partial charge in [-0.05, 0) is 24.3 Å². The van der Waals surface area contributed by atoms with Crippen LogP contribution in [0.3, 0.4) is 0 Å². The van der Waals surface area contributed by atoms with Crippen molar-refractivity contribution in [1.82, 2.24) is 9.97 Å². The van der Waals surface area contributed by atoms with Crippen molar-refractivity contribution in [2.24, 2.45) is 0 Å². The van der Waals surface area contributed by atoms with Gasteiger partial charge in [0, 0.05) is 21.8 Å². The van der Waals surface area contributed by atoms with Gasteiger partial charge < -0.3 is 20.2 Å². The Balaban J connectivity index is 2.27. The van der Waals surface area contributed by atoms with Crippen molar-refractivity contribution < 1.29 is 19.8 Å². The first-order chi connectivity index (χ1) is 8.54. The second kappa shape index (κ2) is 3.36. The number of hydrogen-bond donors (Lipinski definition) is 4. The number of rotatable bonds is 2. The van der Waals surface area contributed by atoms with Crippen LogP contribution in [-0.4, -0.2) is 32.1 Å². The van der Waals surface area contributed by atoms with Crippen LogP contribution in [0.15, 0.2) is 24.3 Å². The third kappa shape index (κ3) is 1.43. The number of hydrogen-bond acceptors (Lipinski definition) is 2. The molecule has 3 rings (SSSR count). The minimum Gasteiger partial charge on any atom is -0.477 e. The Morgan fingerprint density at radius 3 is 1.61 bits per heavy atom.